The van der Waals surface area contributed by atoms with Crippen LogP contribution in [0, 0.1) is 5.92 Å². The van der Waals surface area contributed by atoms with E-state index in [-0.39, 0.29) is 17.5 Å². The fraction of sp³-hybridized carbons (Fsp3) is 0.364. The van der Waals surface area contributed by atoms with Gasteiger partial charge < -0.3 is 10.8 Å². The molecule has 18 heavy (non-hydrogen) atoms. The molecule has 0 bridgehead atoms. The van der Waals surface area contributed by atoms with Crippen molar-refractivity contribution in [1.82, 2.24) is 4.98 Å². The van der Waals surface area contributed by atoms with Crippen LogP contribution < -0.4 is 10.6 Å². The van der Waals surface area contributed by atoms with E-state index in [0.717, 1.165) is 0 Å². The Bertz CT molecular complexity index is 506. The molecule has 1 aromatic rings. The number of rotatable bonds is 3. The van der Waals surface area contributed by atoms with Crippen molar-refractivity contribution in [3.05, 3.63) is 22.3 Å². The van der Waals surface area contributed by atoms with Gasteiger partial charge in [0.25, 0.3) is 0 Å². The molecule has 1 aliphatic heterocycles. The van der Waals surface area contributed by atoms with Crippen molar-refractivity contribution in [3.63, 3.8) is 0 Å². The fourth-order valence-electron chi connectivity index (χ4n) is 1.89. The number of amides is 1. The van der Waals surface area contributed by atoms with Crippen molar-refractivity contribution < 1.29 is 14.7 Å². The maximum absolute atomic E-state index is 11.8. The van der Waals surface area contributed by atoms with Crippen molar-refractivity contribution in [2.24, 2.45) is 11.7 Å². The normalized spacial score (nSPS) is 19.3. The molecule has 0 saturated carbocycles. The van der Waals surface area contributed by atoms with Crippen molar-refractivity contribution in [1.29, 1.82) is 0 Å². The van der Waals surface area contributed by atoms with Gasteiger partial charge in [-0.25, -0.2) is 9.78 Å². The van der Waals surface area contributed by atoms with E-state index in [4.69, 9.17) is 10.8 Å². The van der Waals surface area contributed by atoms with E-state index < -0.39 is 5.97 Å². The maximum atomic E-state index is 11.8. The summed E-state index contributed by atoms with van der Waals surface area (Å²) in [6.45, 7) is 0.924. The highest BCUT2D eigenvalue weighted by atomic mass is 79.9. The molecule has 1 amide bonds. The highest BCUT2D eigenvalue weighted by Gasteiger charge is 2.31. The highest BCUT2D eigenvalue weighted by molar-refractivity contribution is 9.10. The lowest BCUT2D eigenvalue weighted by Crippen LogP contribution is -2.27. The number of halogens is 1. The van der Waals surface area contributed by atoms with E-state index >= 15 is 0 Å². The summed E-state index contributed by atoms with van der Waals surface area (Å²) in [5.74, 6) is -0.741. The number of pyridine rings is 1. The number of hydrogen-bond donors (Lipinski definition) is 2. The van der Waals surface area contributed by atoms with Crippen LogP contribution in [0.3, 0.4) is 0 Å². The van der Waals surface area contributed by atoms with Gasteiger partial charge in [-0.2, -0.15) is 0 Å². The average molecular weight is 314 g/mol. The van der Waals surface area contributed by atoms with Crippen LogP contribution in [0.1, 0.15) is 16.9 Å². The number of hydrogen-bond acceptors (Lipinski definition) is 4. The molecule has 0 aliphatic carbocycles. The smallest absolute Gasteiger partial charge is 0.355 e. The van der Waals surface area contributed by atoms with Crippen molar-refractivity contribution >= 4 is 33.6 Å². The predicted molar refractivity (Wildman–Crippen MR) is 68.4 cm³/mol. The molecule has 3 N–H and O–H groups in total. The molecule has 0 spiro atoms. The summed E-state index contributed by atoms with van der Waals surface area (Å²) in [6.07, 6.45) is 0.386. The van der Waals surface area contributed by atoms with Crippen molar-refractivity contribution in [2.45, 2.75) is 6.42 Å². The molecule has 2 heterocycles. The van der Waals surface area contributed by atoms with Gasteiger partial charge in [-0.3, -0.25) is 9.69 Å². The zero-order chi connectivity index (χ0) is 13.3. The van der Waals surface area contributed by atoms with Gasteiger partial charge in [0.1, 0.15) is 5.82 Å². The first-order valence-electron chi connectivity index (χ1n) is 5.43. The second kappa shape index (κ2) is 5.03. The standard InChI is InChI=1S/C11H12BrN3O3/c12-7-1-2-8(14-10(7)11(17)18)15-5-6(4-13)3-9(15)16/h1-2,6H,3-5,13H2,(H,17,18). The minimum absolute atomic E-state index is 0.0726. The quantitative estimate of drug-likeness (QED) is 0.862. The van der Waals surface area contributed by atoms with E-state index in [9.17, 15) is 9.59 Å². The number of carbonyl (C=O) groups is 2. The molecular weight excluding hydrogens is 302 g/mol. The van der Waals surface area contributed by atoms with Crippen molar-refractivity contribution in [3.8, 4) is 0 Å². The third kappa shape index (κ3) is 2.37. The molecule has 7 heteroatoms. The molecule has 1 saturated heterocycles. The SMILES string of the molecule is NCC1CC(=O)N(c2ccc(Br)c(C(=O)O)n2)C1. The molecule has 1 aromatic heterocycles. The summed E-state index contributed by atoms with van der Waals surface area (Å²) < 4.78 is 0.390. The van der Waals surface area contributed by atoms with Crippen LogP contribution in [0.25, 0.3) is 0 Å². The summed E-state index contributed by atoms with van der Waals surface area (Å²) in [7, 11) is 0. The number of carboxylic acids is 1. The van der Waals surface area contributed by atoms with Crippen LogP contribution in [0.4, 0.5) is 5.82 Å². The van der Waals surface area contributed by atoms with Crippen LogP contribution in [0.5, 0.6) is 0 Å². The summed E-state index contributed by atoms with van der Waals surface area (Å²) in [5, 5.41) is 8.98. The molecular formula is C11H12BrN3O3. The number of carboxylic acid groups (broad SMARTS) is 1. The largest absolute Gasteiger partial charge is 0.476 e. The third-order valence-electron chi connectivity index (χ3n) is 2.85. The van der Waals surface area contributed by atoms with Gasteiger partial charge in [-0.1, -0.05) is 0 Å². The third-order valence-corrected chi connectivity index (χ3v) is 3.49. The Morgan fingerprint density at radius 2 is 2.33 bits per heavy atom. The summed E-state index contributed by atoms with van der Waals surface area (Å²) in [4.78, 5) is 28.2. The van der Waals surface area contributed by atoms with Gasteiger partial charge in [0, 0.05) is 13.0 Å². The van der Waals surface area contributed by atoms with Gasteiger partial charge in [0.15, 0.2) is 5.69 Å². The van der Waals surface area contributed by atoms with Crippen LogP contribution in [-0.4, -0.2) is 35.1 Å². The van der Waals surface area contributed by atoms with Crippen LogP contribution >= 0.6 is 15.9 Å². The molecule has 0 aromatic carbocycles. The topological polar surface area (TPSA) is 96.5 Å². The number of nitrogens with two attached hydrogens (primary N) is 1. The van der Waals surface area contributed by atoms with Crippen LogP contribution in [0.15, 0.2) is 16.6 Å². The van der Waals surface area contributed by atoms with E-state index in [2.05, 4.69) is 20.9 Å². The Labute approximate surface area is 112 Å². The number of aromatic nitrogens is 1. The van der Waals surface area contributed by atoms with Gasteiger partial charge in [-0.05, 0) is 40.5 Å². The maximum Gasteiger partial charge on any atom is 0.355 e. The molecule has 2 rings (SSSR count). The van der Waals surface area contributed by atoms with Gasteiger partial charge in [0.05, 0.1) is 4.47 Å². The molecule has 1 atom stereocenters. The number of carbonyl (C=O) groups excluding carboxylic acids is 1. The first-order chi connectivity index (χ1) is 8.52. The molecule has 1 aliphatic rings. The Balaban J connectivity index is 2.32. The number of anilines is 1. The van der Waals surface area contributed by atoms with Crippen molar-refractivity contribution in [2.75, 3.05) is 18.0 Å². The molecule has 96 valence electrons. The molecule has 6 nitrogen and oxygen atoms in total. The molecule has 0 radical (unpaired) electrons. The average Bonchev–Trinajstić information content (AvgIpc) is 2.71. The second-order valence-corrected chi connectivity index (χ2v) is 4.97. The Morgan fingerprint density at radius 3 is 2.89 bits per heavy atom. The van der Waals surface area contributed by atoms with Gasteiger partial charge >= 0.3 is 5.97 Å². The van der Waals surface area contributed by atoms with Gasteiger partial charge in [-0.15, -0.1) is 0 Å². The molecule has 1 unspecified atom stereocenters. The lowest BCUT2D eigenvalue weighted by Gasteiger charge is -2.16. The number of nitrogens with zero attached hydrogens (tertiary/aromatic N) is 2. The lowest BCUT2D eigenvalue weighted by atomic mass is 10.1. The summed E-state index contributed by atoms with van der Waals surface area (Å²) in [6, 6.07) is 3.20. The summed E-state index contributed by atoms with van der Waals surface area (Å²) >= 11 is 3.11. The van der Waals surface area contributed by atoms with Crippen LogP contribution in [-0.2, 0) is 4.79 Å². The highest BCUT2D eigenvalue weighted by Crippen LogP contribution is 2.25. The lowest BCUT2D eigenvalue weighted by molar-refractivity contribution is -0.117. The fourth-order valence-corrected chi connectivity index (χ4v) is 2.28. The predicted octanol–water partition coefficient (Wildman–Crippen LogP) is 0.854. The van der Waals surface area contributed by atoms with E-state index in [0.29, 0.717) is 29.8 Å². The van der Waals surface area contributed by atoms with E-state index in [1.807, 2.05) is 0 Å². The van der Waals surface area contributed by atoms with E-state index in [1.165, 1.54) is 4.90 Å². The monoisotopic (exact) mass is 313 g/mol. The Hall–Kier alpha value is -1.47. The van der Waals surface area contributed by atoms with E-state index in [1.54, 1.807) is 12.1 Å². The minimum Gasteiger partial charge on any atom is -0.476 e. The summed E-state index contributed by atoms with van der Waals surface area (Å²) in [5.41, 5.74) is 5.44. The van der Waals surface area contributed by atoms with Gasteiger partial charge in [0.2, 0.25) is 5.91 Å². The van der Waals surface area contributed by atoms with Crippen LogP contribution in [0.2, 0.25) is 0 Å². The first kappa shape index (κ1) is 13.0. The second-order valence-electron chi connectivity index (χ2n) is 4.12. The zero-order valence-electron chi connectivity index (χ0n) is 9.47. The minimum atomic E-state index is -1.13. The zero-order valence-corrected chi connectivity index (χ0v) is 11.1. The Kier molecular flexibility index (Phi) is 3.63. The number of aromatic carboxylic acids is 1. The Morgan fingerprint density at radius 1 is 1.61 bits per heavy atom. The first-order valence-corrected chi connectivity index (χ1v) is 6.22. The molecule has 1 fully saturated rings.